The highest BCUT2D eigenvalue weighted by atomic mass is 19.4. The lowest BCUT2D eigenvalue weighted by molar-refractivity contribution is -0.253. The summed E-state index contributed by atoms with van der Waals surface area (Å²) in [5.74, 6) is 1.42. The van der Waals surface area contributed by atoms with E-state index in [2.05, 4.69) is 11.8 Å². The van der Waals surface area contributed by atoms with Crippen molar-refractivity contribution in [3.05, 3.63) is 71.3 Å². The summed E-state index contributed by atoms with van der Waals surface area (Å²) in [6, 6.07) is 12.7. The minimum atomic E-state index is -5.44. The van der Waals surface area contributed by atoms with Crippen LogP contribution in [0.3, 0.4) is 0 Å². The molecule has 0 atom stereocenters. The molecular weight excluding hydrogens is 318 g/mol. The Labute approximate surface area is 128 Å². The van der Waals surface area contributed by atoms with Gasteiger partial charge in [-0.3, -0.25) is 0 Å². The highest BCUT2D eigenvalue weighted by Gasteiger charge is 2.57. The summed E-state index contributed by atoms with van der Waals surface area (Å²) in [5.41, 5.74) is -0.690. The van der Waals surface area contributed by atoms with Crippen molar-refractivity contribution in [1.82, 2.24) is 0 Å². The molecule has 0 heterocycles. The lowest BCUT2D eigenvalue weighted by Crippen LogP contribution is -2.34. The number of rotatable bonds is 1. The zero-order chi connectivity index (χ0) is 17.1. The lowest BCUT2D eigenvalue weighted by Gasteiger charge is -2.24. The molecule has 0 N–H and O–H groups in total. The topological polar surface area (TPSA) is 0 Å². The first kappa shape index (κ1) is 16.9. The second kappa shape index (κ2) is 6.37. The molecule has 0 nitrogen and oxygen atoms in total. The SMILES string of the molecule is FC(F)(F)C(c1ccccc1C#Cc1ccccc1)C(F)(F)F. The zero-order valence-corrected chi connectivity index (χ0v) is 11.5. The maximum absolute atomic E-state index is 12.9. The fraction of sp³-hybridized carbons (Fsp3) is 0.176. The van der Waals surface area contributed by atoms with Gasteiger partial charge in [-0.2, -0.15) is 26.3 Å². The van der Waals surface area contributed by atoms with Gasteiger partial charge in [-0.1, -0.05) is 48.2 Å². The van der Waals surface area contributed by atoms with Crippen LogP contribution < -0.4 is 0 Å². The summed E-state index contributed by atoms with van der Waals surface area (Å²) in [4.78, 5) is 0. The normalized spacial score (nSPS) is 12.0. The van der Waals surface area contributed by atoms with E-state index in [0.717, 1.165) is 18.2 Å². The van der Waals surface area contributed by atoms with Crippen LogP contribution in [0.2, 0.25) is 0 Å². The number of halogens is 6. The first-order valence-electron chi connectivity index (χ1n) is 6.49. The van der Waals surface area contributed by atoms with Gasteiger partial charge < -0.3 is 0 Å². The molecule has 0 aliphatic rings. The molecule has 6 heteroatoms. The molecule has 2 aromatic carbocycles. The summed E-state index contributed by atoms with van der Waals surface area (Å²) in [6.45, 7) is 0. The van der Waals surface area contributed by atoms with Crippen LogP contribution in [0.15, 0.2) is 54.6 Å². The van der Waals surface area contributed by atoms with E-state index in [1.807, 2.05) is 0 Å². The van der Waals surface area contributed by atoms with Gasteiger partial charge >= 0.3 is 12.4 Å². The smallest absolute Gasteiger partial charge is 0.170 e. The highest BCUT2D eigenvalue weighted by Crippen LogP contribution is 2.47. The van der Waals surface area contributed by atoms with Crippen LogP contribution in [0, 0.1) is 11.8 Å². The van der Waals surface area contributed by atoms with Crippen LogP contribution in [-0.4, -0.2) is 12.4 Å². The van der Waals surface area contributed by atoms with Gasteiger partial charge in [-0.15, -0.1) is 0 Å². The quantitative estimate of drug-likeness (QED) is 0.492. The summed E-state index contributed by atoms with van der Waals surface area (Å²) < 4.78 is 77.3. The Balaban J connectivity index is 2.51. The second-order valence-electron chi connectivity index (χ2n) is 4.72. The molecule has 0 unspecified atom stereocenters. The molecule has 0 fully saturated rings. The van der Waals surface area contributed by atoms with E-state index in [-0.39, 0.29) is 5.56 Å². The third kappa shape index (κ3) is 4.28. The second-order valence-corrected chi connectivity index (χ2v) is 4.72. The van der Waals surface area contributed by atoms with Crippen molar-refractivity contribution in [1.29, 1.82) is 0 Å². The fourth-order valence-corrected chi connectivity index (χ4v) is 2.06. The highest BCUT2D eigenvalue weighted by molar-refractivity contribution is 5.48. The summed E-state index contributed by atoms with van der Waals surface area (Å²) in [5, 5.41) is 0. The van der Waals surface area contributed by atoms with Crippen LogP contribution in [0.5, 0.6) is 0 Å². The summed E-state index contributed by atoms with van der Waals surface area (Å²) in [6.07, 6.45) is -10.9. The molecule has 0 aromatic heterocycles. The van der Waals surface area contributed by atoms with Crippen LogP contribution >= 0.6 is 0 Å². The van der Waals surface area contributed by atoms with Gasteiger partial charge in [0.1, 0.15) is 0 Å². The van der Waals surface area contributed by atoms with Gasteiger partial charge in [0.25, 0.3) is 0 Å². The van der Waals surface area contributed by atoms with Crippen molar-refractivity contribution in [2.24, 2.45) is 0 Å². The summed E-state index contributed by atoms with van der Waals surface area (Å²) in [7, 11) is 0. The van der Waals surface area contributed by atoms with Gasteiger partial charge in [0.15, 0.2) is 5.92 Å². The molecule has 2 aromatic rings. The van der Waals surface area contributed by atoms with Crippen molar-refractivity contribution in [2.45, 2.75) is 18.3 Å². The average Bonchev–Trinajstić information content (AvgIpc) is 2.44. The minimum Gasteiger partial charge on any atom is -0.170 e. The minimum absolute atomic E-state index is 0.295. The molecule has 0 aliphatic carbocycles. The molecule has 120 valence electrons. The Hall–Kier alpha value is -2.42. The number of alkyl halides is 6. The Morgan fingerprint density at radius 2 is 1.17 bits per heavy atom. The monoisotopic (exact) mass is 328 g/mol. The van der Waals surface area contributed by atoms with Gasteiger partial charge in [-0.25, -0.2) is 0 Å². The van der Waals surface area contributed by atoms with Gasteiger partial charge in [0.05, 0.1) is 0 Å². The van der Waals surface area contributed by atoms with Crippen LogP contribution in [-0.2, 0) is 0 Å². The zero-order valence-electron chi connectivity index (χ0n) is 11.5. The summed E-state index contributed by atoms with van der Waals surface area (Å²) >= 11 is 0. The molecular formula is C17H10F6. The molecule has 0 saturated heterocycles. The molecule has 23 heavy (non-hydrogen) atoms. The van der Waals surface area contributed by atoms with E-state index in [9.17, 15) is 26.3 Å². The van der Waals surface area contributed by atoms with E-state index in [1.165, 1.54) is 6.07 Å². The third-order valence-electron chi connectivity index (χ3n) is 3.04. The number of hydrogen-bond donors (Lipinski definition) is 0. The Morgan fingerprint density at radius 1 is 0.652 bits per heavy atom. The molecule has 0 amide bonds. The lowest BCUT2D eigenvalue weighted by atomic mass is 9.93. The van der Waals surface area contributed by atoms with E-state index >= 15 is 0 Å². The van der Waals surface area contributed by atoms with E-state index < -0.39 is 23.8 Å². The van der Waals surface area contributed by atoms with Crippen molar-refractivity contribution >= 4 is 0 Å². The fourth-order valence-electron chi connectivity index (χ4n) is 2.06. The van der Waals surface area contributed by atoms with Crippen LogP contribution in [0.1, 0.15) is 22.6 Å². The largest absolute Gasteiger partial charge is 0.404 e. The predicted octanol–water partition coefficient (Wildman–Crippen LogP) is 5.29. The van der Waals surface area contributed by atoms with Crippen molar-refractivity contribution in [3.8, 4) is 11.8 Å². The van der Waals surface area contributed by atoms with Gasteiger partial charge in [0, 0.05) is 11.1 Å². The van der Waals surface area contributed by atoms with Gasteiger partial charge in [-0.05, 0) is 23.8 Å². The number of benzene rings is 2. The van der Waals surface area contributed by atoms with Crippen molar-refractivity contribution in [2.75, 3.05) is 0 Å². The number of hydrogen-bond acceptors (Lipinski definition) is 0. The van der Waals surface area contributed by atoms with E-state index in [0.29, 0.717) is 5.56 Å². The maximum atomic E-state index is 12.9. The van der Waals surface area contributed by atoms with E-state index in [1.54, 1.807) is 30.3 Å². The standard InChI is InChI=1S/C17H10F6/c18-16(19,20)15(17(21,22)23)14-9-5-4-8-13(14)11-10-12-6-2-1-3-7-12/h1-9,15H. The molecule has 0 spiro atoms. The maximum Gasteiger partial charge on any atom is 0.404 e. The third-order valence-corrected chi connectivity index (χ3v) is 3.04. The first-order chi connectivity index (χ1) is 10.7. The van der Waals surface area contributed by atoms with Crippen LogP contribution in [0.4, 0.5) is 26.3 Å². The molecule has 2 rings (SSSR count). The van der Waals surface area contributed by atoms with Crippen molar-refractivity contribution < 1.29 is 26.3 Å². The van der Waals surface area contributed by atoms with E-state index in [4.69, 9.17) is 0 Å². The first-order valence-corrected chi connectivity index (χ1v) is 6.49. The molecule has 0 saturated carbocycles. The molecule has 0 bridgehead atoms. The Bertz CT molecular complexity index is 702. The predicted molar refractivity (Wildman–Crippen MR) is 73.7 cm³/mol. The molecule has 0 aliphatic heterocycles. The Morgan fingerprint density at radius 3 is 1.74 bits per heavy atom. The van der Waals surface area contributed by atoms with Crippen LogP contribution in [0.25, 0.3) is 0 Å². The Kier molecular flexibility index (Phi) is 4.69. The van der Waals surface area contributed by atoms with Gasteiger partial charge in [0.2, 0.25) is 0 Å². The van der Waals surface area contributed by atoms with Crippen molar-refractivity contribution in [3.63, 3.8) is 0 Å². The molecule has 0 radical (unpaired) electrons. The average molecular weight is 328 g/mol.